The van der Waals surface area contributed by atoms with Gasteiger partial charge in [0.15, 0.2) is 11.2 Å². The molecule has 2 aromatic heterocycles. The average molecular weight is 337 g/mol. The quantitative estimate of drug-likeness (QED) is 0.555. The van der Waals surface area contributed by atoms with E-state index in [2.05, 4.69) is 21.9 Å². The van der Waals surface area contributed by atoms with Gasteiger partial charge in [0.25, 0.3) is 5.56 Å². The largest absolute Gasteiger partial charge is 0.390 e. The molecule has 5 N–H and O–H groups in total. The Morgan fingerprint density at radius 2 is 2.33 bits per heavy atom. The van der Waals surface area contributed by atoms with Crippen molar-refractivity contribution in [2.75, 3.05) is 5.73 Å². The molecule has 24 heavy (non-hydrogen) atoms. The summed E-state index contributed by atoms with van der Waals surface area (Å²) in [6.07, 6.45) is 2.55. The maximum absolute atomic E-state index is 11.8. The lowest BCUT2D eigenvalue weighted by atomic mass is 10.0. The Morgan fingerprint density at radius 1 is 1.54 bits per heavy atom. The second-order valence-corrected chi connectivity index (χ2v) is 6.20. The number of imidazole rings is 1. The van der Waals surface area contributed by atoms with Crippen molar-refractivity contribution in [2.45, 2.75) is 63.6 Å². The second-order valence-electron chi connectivity index (χ2n) is 6.20. The van der Waals surface area contributed by atoms with E-state index in [1.165, 1.54) is 6.33 Å². The van der Waals surface area contributed by atoms with Gasteiger partial charge < -0.3 is 20.7 Å². The van der Waals surface area contributed by atoms with Gasteiger partial charge in [-0.2, -0.15) is 4.98 Å². The van der Waals surface area contributed by atoms with Crippen molar-refractivity contribution in [3.63, 3.8) is 0 Å². The van der Waals surface area contributed by atoms with Crippen LogP contribution in [-0.4, -0.2) is 48.0 Å². The van der Waals surface area contributed by atoms with E-state index >= 15 is 0 Å². The van der Waals surface area contributed by atoms with Gasteiger partial charge in [-0.25, -0.2) is 4.98 Å². The first-order valence-electron chi connectivity index (χ1n) is 8.25. The van der Waals surface area contributed by atoms with Gasteiger partial charge >= 0.3 is 0 Å². The summed E-state index contributed by atoms with van der Waals surface area (Å²) in [4.78, 5) is 22.3. The van der Waals surface area contributed by atoms with E-state index in [0.717, 1.165) is 19.3 Å². The number of nitrogens with one attached hydrogen (secondary N) is 1. The Balaban J connectivity index is 1.78. The number of ether oxygens (including phenoxy) is 1. The molecule has 2 aromatic rings. The van der Waals surface area contributed by atoms with Gasteiger partial charge in [0.2, 0.25) is 5.95 Å². The molecule has 3 rings (SSSR count). The molecule has 1 fully saturated rings. The van der Waals surface area contributed by atoms with Crippen LogP contribution in [0.15, 0.2) is 11.1 Å². The minimum Gasteiger partial charge on any atom is -0.390 e. The summed E-state index contributed by atoms with van der Waals surface area (Å²) in [5.41, 5.74) is 5.62. The Hall–Kier alpha value is -1.97. The highest BCUT2D eigenvalue weighted by Crippen LogP contribution is 2.33. The summed E-state index contributed by atoms with van der Waals surface area (Å²) in [5.74, 6) is -0.0102. The maximum atomic E-state index is 11.8. The number of nitrogens with two attached hydrogens (primary N) is 1. The fraction of sp³-hybridized carbons (Fsp3) is 0.667. The van der Waals surface area contributed by atoms with Gasteiger partial charge in [-0.1, -0.05) is 26.2 Å². The SMILES string of the molecule is CCCCCC(O)[C@H]1O[C@@H](n2cnc3c(=O)[nH]c(N)nc32)C[C@@H]1O. The molecule has 0 aromatic carbocycles. The fourth-order valence-corrected chi connectivity index (χ4v) is 3.12. The minimum atomic E-state index is -0.788. The summed E-state index contributed by atoms with van der Waals surface area (Å²) in [7, 11) is 0. The van der Waals surface area contributed by atoms with Crippen LogP contribution in [0.1, 0.15) is 45.3 Å². The molecule has 0 radical (unpaired) electrons. The number of nitrogen functional groups attached to an aromatic ring is 1. The molecule has 0 saturated carbocycles. The normalized spacial score (nSPS) is 25.4. The number of rotatable bonds is 6. The van der Waals surface area contributed by atoms with Crippen LogP contribution < -0.4 is 11.3 Å². The Bertz CT molecular complexity index is 758. The molecular weight excluding hydrogens is 314 g/mol. The Morgan fingerprint density at radius 3 is 3.08 bits per heavy atom. The fourth-order valence-electron chi connectivity index (χ4n) is 3.12. The molecule has 0 amide bonds. The molecule has 9 nitrogen and oxygen atoms in total. The van der Waals surface area contributed by atoms with Crippen molar-refractivity contribution in [3.8, 4) is 0 Å². The molecule has 1 aliphatic rings. The highest BCUT2D eigenvalue weighted by atomic mass is 16.5. The number of unbranched alkanes of at least 4 members (excludes halogenated alkanes) is 2. The first-order valence-corrected chi connectivity index (χ1v) is 8.25. The number of fused-ring (bicyclic) bond motifs is 1. The van der Waals surface area contributed by atoms with Gasteiger partial charge in [-0.05, 0) is 6.42 Å². The predicted molar refractivity (Wildman–Crippen MR) is 87.2 cm³/mol. The standard InChI is InChI=1S/C15H23N5O4/c1-2-3-4-5-8(21)12-9(22)6-10(24-12)20-7-17-11-13(20)18-15(16)19-14(11)23/h7-10,12,21-22H,2-6H2,1H3,(H3,16,18,19,23)/t8?,9-,10+,12+/m0/s1. The van der Waals surface area contributed by atoms with Gasteiger partial charge in [-0.15, -0.1) is 0 Å². The van der Waals surface area contributed by atoms with Gasteiger partial charge in [0.1, 0.15) is 12.3 Å². The number of hydrogen-bond donors (Lipinski definition) is 4. The number of aliphatic hydroxyl groups is 2. The summed E-state index contributed by atoms with van der Waals surface area (Å²) in [6.45, 7) is 2.09. The summed E-state index contributed by atoms with van der Waals surface area (Å²) in [5, 5.41) is 20.5. The second kappa shape index (κ2) is 6.88. The number of aromatic nitrogens is 4. The third-order valence-electron chi connectivity index (χ3n) is 4.38. The first-order chi connectivity index (χ1) is 11.5. The van der Waals surface area contributed by atoms with Crippen LogP contribution in [0.4, 0.5) is 5.95 Å². The van der Waals surface area contributed by atoms with Crippen LogP contribution in [0.2, 0.25) is 0 Å². The van der Waals surface area contributed by atoms with Crippen molar-refractivity contribution < 1.29 is 14.9 Å². The van der Waals surface area contributed by atoms with Crippen LogP contribution in [0.25, 0.3) is 11.2 Å². The zero-order chi connectivity index (χ0) is 17.3. The lowest BCUT2D eigenvalue weighted by molar-refractivity contribution is -0.0838. The number of nitrogens with zero attached hydrogens (tertiary/aromatic N) is 3. The highest BCUT2D eigenvalue weighted by molar-refractivity contribution is 5.70. The maximum Gasteiger partial charge on any atom is 0.280 e. The van der Waals surface area contributed by atoms with Crippen molar-refractivity contribution in [1.29, 1.82) is 0 Å². The topological polar surface area (TPSA) is 139 Å². The van der Waals surface area contributed by atoms with Crippen molar-refractivity contribution in [2.24, 2.45) is 0 Å². The monoisotopic (exact) mass is 337 g/mol. The Labute approximate surface area is 138 Å². The molecule has 0 bridgehead atoms. The van der Waals surface area contributed by atoms with Crippen LogP contribution in [0.5, 0.6) is 0 Å². The van der Waals surface area contributed by atoms with E-state index in [-0.39, 0.29) is 17.9 Å². The molecule has 3 heterocycles. The number of hydrogen-bond acceptors (Lipinski definition) is 7. The highest BCUT2D eigenvalue weighted by Gasteiger charge is 2.39. The van der Waals surface area contributed by atoms with E-state index in [0.29, 0.717) is 12.1 Å². The Kier molecular flexibility index (Phi) is 4.83. The molecular formula is C15H23N5O4. The van der Waals surface area contributed by atoms with Crippen LogP contribution in [-0.2, 0) is 4.74 Å². The molecule has 4 atom stereocenters. The van der Waals surface area contributed by atoms with Gasteiger partial charge in [0.05, 0.1) is 18.5 Å². The zero-order valence-corrected chi connectivity index (χ0v) is 13.6. The smallest absolute Gasteiger partial charge is 0.280 e. The molecule has 132 valence electrons. The van der Waals surface area contributed by atoms with Gasteiger partial charge in [-0.3, -0.25) is 14.3 Å². The lowest BCUT2D eigenvalue weighted by Crippen LogP contribution is -2.34. The number of aliphatic hydroxyl groups excluding tert-OH is 2. The van der Waals surface area contributed by atoms with Crippen molar-refractivity contribution >= 4 is 17.1 Å². The molecule has 1 saturated heterocycles. The van der Waals surface area contributed by atoms with E-state index < -0.39 is 30.1 Å². The first kappa shape index (κ1) is 16.9. The zero-order valence-electron chi connectivity index (χ0n) is 13.6. The van der Waals surface area contributed by atoms with E-state index in [9.17, 15) is 15.0 Å². The number of H-pyrrole nitrogens is 1. The average Bonchev–Trinajstić information content (AvgIpc) is 3.11. The molecule has 1 aliphatic heterocycles. The summed E-state index contributed by atoms with van der Waals surface area (Å²) >= 11 is 0. The predicted octanol–water partition coefficient (Wildman–Crippen LogP) is 0.291. The van der Waals surface area contributed by atoms with E-state index in [1.54, 1.807) is 4.57 Å². The summed E-state index contributed by atoms with van der Waals surface area (Å²) in [6, 6.07) is 0. The van der Waals surface area contributed by atoms with Crippen LogP contribution in [0, 0.1) is 0 Å². The number of anilines is 1. The van der Waals surface area contributed by atoms with E-state index in [1.807, 2.05) is 0 Å². The third-order valence-corrected chi connectivity index (χ3v) is 4.38. The minimum absolute atomic E-state index is 0.0102. The molecule has 0 aliphatic carbocycles. The van der Waals surface area contributed by atoms with Gasteiger partial charge in [0, 0.05) is 6.42 Å². The lowest BCUT2D eigenvalue weighted by Gasteiger charge is -2.21. The van der Waals surface area contributed by atoms with Crippen molar-refractivity contribution in [1.82, 2.24) is 19.5 Å². The molecule has 0 spiro atoms. The number of aromatic amines is 1. The molecule has 1 unspecified atom stereocenters. The van der Waals surface area contributed by atoms with Crippen LogP contribution >= 0.6 is 0 Å². The third kappa shape index (κ3) is 3.14. The van der Waals surface area contributed by atoms with E-state index in [4.69, 9.17) is 10.5 Å². The van der Waals surface area contributed by atoms with Crippen molar-refractivity contribution in [3.05, 3.63) is 16.7 Å². The molecule has 9 heteroatoms. The summed E-state index contributed by atoms with van der Waals surface area (Å²) < 4.78 is 7.40. The van der Waals surface area contributed by atoms with Crippen LogP contribution in [0.3, 0.4) is 0 Å².